The van der Waals surface area contributed by atoms with Gasteiger partial charge in [-0.15, -0.1) is 0 Å². The van der Waals surface area contributed by atoms with Gasteiger partial charge in [-0.25, -0.2) is 0 Å². The summed E-state index contributed by atoms with van der Waals surface area (Å²) in [7, 11) is 0. The minimum atomic E-state index is 0.712. The largest absolute Gasteiger partial charge is 0.494 e. The van der Waals surface area contributed by atoms with E-state index in [0.29, 0.717) is 6.61 Å². The van der Waals surface area contributed by atoms with Gasteiger partial charge in [0.05, 0.1) is 6.61 Å². The molecule has 0 amide bonds. The number of nitrogens with zero attached hydrogens (tertiary/aromatic N) is 1. The second-order valence-electron chi connectivity index (χ2n) is 1.62. The molecule has 2 nitrogen and oxygen atoms in total. The van der Waals surface area contributed by atoms with E-state index >= 15 is 0 Å². The van der Waals surface area contributed by atoms with Crippen molar-refractivity contribution in [3.8, 4) is 5.75 Å². The summed E-state index contributed by atoms with van der Waals surface area (Å²) in [5.74, 6) is 0.882. The third kappa shape index (κ3) is 1.72. The molecule has 0 saturated heterocycles. The zero-order valence-electron chi connectivity index (χ0n) is 5.37. The Hall–Kier alpha value is -1.05. The number of hydrogen-bond donors (Lipinski definition) is 0. The molecule has 1 aromatic heterocycles. The molecule has 0 aliphatic carbocycles. The summed E-state index contributed by atoms with van der Waals surface area (Å²) < 4.78 is 5.17. The lowest BCUT2D eigenvalue weighted by atomic mass is 10.5. The van der Waals surface area contributed by atoms with Crippen molar-refractivity contribution in [1.29, 1.82) is 0 Å². The molecule has 0 unspecified atom stereocenters. The molecule has 1 heterocycles. The molecule has 0 fully saturated rings. The molecule has 0 aliphatic rings. The van der Waals surface area contributed by atoms with Gasteiger partial charge in [-0.3, -0.25) is 4.98 Å². The van der Waals surface area contributed by atoms with Gasteiger partial charge < -0.3 is 4.74 Å². The molecular weight excluding hydrogens is 114 g/mol. The summed E-state index contributed by atoms with van der Waals surface area (Å²) in [4.78, 5) is 3.85. The van der Waals surface area contributed by atoms with E-state index in [1.165, 1.54) is 0 Å². The van der Waals surface area contributed by atoms with E-state index < -0.39 is 0 Å². The molecule has 1 aromatic rings. The average molecular weight is 123 g/mol. The van der Waals surface area contributed by atoms with Crippen LogP contribution in [0.5, 0.6) is 5.75 Å². The molecule has 0 aliphatic heterocycles. The minimum Gasteiger partial charge on any atom is -0.494 e. The fraction of sp³-hybridized carbons (Fsp3) is 0.286. The Morgan fingerprint density at radius 1 is 1.44 bits per heavy atom. The van der Waals surface area contributed by atoms with Crippen molar-refractivity contribution in [3.63, 3.8) is 0 Å². The Morgan fingerprint density at radius 2 is 2.11 bits per heavy atom. The zero-order chi connectivity index (χ0) is 6.53. The van der Waals surface area contributed by atoms with Gasteiger partial charge in [0.25, 0.3) is 0 Å². The number of aromatic nitrogens is 1. The van der Waals surface area contributed by atoms with Crippen LogP contribution >= 0.6 is 0 Å². The van der Waals surface area contributed by atoms with Crippen LogP contribution in [0.2, 0.25) is 0 Å². The molecule has 9 heavy (non-hydrogen) atoms. The van der Waals surface area contributed by atoms with E-state index in [1.807, 2.05) is 19.1 Å². The highest BCUT2D eigenvalue weighted by Gasteiger charge is 1.84. The van der Waals surface area contributed by atoms with Gasteiger partial charge >= 0.3 is 0 Å². The third-order valence-corrected chi connectivity index (χ3v) is 0.961. The van der Waals surface area contributed by atoms with Crippen molar-refractivity contribution in [2.24, 2.45) is 0 Å². The van der Waals surface area contributed by atoms with E-state index in [-0.39, 0.29) is 0 Å². The van der Waals surface area contributed by atoms with Crippen molar-refractivity contribution < 1.29 is 4.74 Å². The van der Waals surface area contributed by atoms with Gasteiger partial charge in [-0.2, -0.15) is 0 Å². The third-order valence-electron chi connectivity index (χ3n) is 0.961. The van der Waals surface area contributed by atoms with Crippen LogP contribution in [-0.2, 0) is 0 Å². The van der Waals surface area contributed by atoms with Gasteiger partial charge in [-0.05, 0) is 19.1 Å². The molecular formula is C7H9NO. The van der Waals surface area contributed by atoms with Gasteiger partial charge in [-0.1, -0.05) is 0 Å². The summed E-state index contributed by atoms with van der Waals surface area (Å²) in [6.07, 6.45) is 3.43. The van der Waals surface area contributed by atoms with Gasteiger partial charge in [0.2, 0.25) is 0 Å². The normalized spacial score (nSPS) is 9.00. The fourth-order valence-corrected chi connectivity index (χ4v) is 0.601. The first-order valence-electron chi connectivity index (χ1n) is 2.96. The molecule has 0 atom stereocenters. The maximum absolute atomic E-state index is 5.17. The Bertz CT molecular complexity index is 162. The van der Waals surface area contributed by atoms with Gasteiger partial charge in [0, 0.05) is 12.4 Å². The van der Waals surface area contributed by atoms with E-state index in [4.69, 9.17) is 4.74 Å². The smallest absolute Gasteiger partial charge is 0.122 e. The van der Waals surface area contributed by atoms with Crippen molar-refractivity contribution >= 4 is 0 Å². The lowest BCUT2D eigenvalue weighted by Crippen LogP contribution is -1.89. The first kappa shape index (κ1) is 6.08. The number of pyridine rings is 1. The minimum absolute atomic E-state index is 0.712. The summed E-state index contributed by atoms with van der Waals surface area (Å²) in [6.45, 7) is 2.67. The van der Waals surface area contributed by atoms with Crippen LogP contribution in [-0.4, -0.2) is 11.6 Å². The van der Waals surface area contributed by atoms with Crippen molar-refractivity contribution in [2.75, 3.05) is 6.61 Å². The summed E-state index contributed by atoms with van der Waals surface area (Å²) >= 11 is 0. The SMILES string of the molecule is CCOc1ccncc1. The van der Waals surface area contributed by atoms with Crippen LogP contribution in [0.3, 0.4) is 0 Å². The molecule has 0 bridgehead atoms. The van der Waals surface area contributed by atoms with Crippen LogP contribution in [0, 0.1) is 0 Å². The fourth-order valence-electron chi connectivity index (χ4n) is 0.601. The quantitative estimate of drug-likeness (QED) is 0.594. The highest BCUT2D eigenvalue weighted by atomic mass is 16.5. The van der Waals surface area contributed by atoms with Crippen LogP contribution in [0.1, 0.15) is 6.92 Å². The molecule has 0 N–H and O–H groups in total. The topological polar surface area (TPSA) is 22.1 Å². The first-order valence-corrected chi connectivity index (χ1v) is 2.96. The molecule has 2 heteroatoms. The predicted molar refractivity (Wildman–Crippen MR) is 35.4 cm³/mol. The molecule has 0 radical (unpaired) electrons. The highest BCUT2D eigenvalue weighted by molar-refractivity contribution is 5.16. The van der Waals surface area contributed by atoms with E-state index in [0.717, 1.165) is 5.75 Å². The monoisotopic (exact) mass is 123 g/mol. The maximum atomic E-state index is 5.17. The summed E-state index contributed by atoms with van der Waals surface area (Å²) in [5, 5.41) is 0. The lowest BCUT2D eigenvalue weighted by Gasteiger charge is -1.98. The van der Waals surface area contributed by atoms with Crippen LogP contribution in [0.15, 0.2) is 24.5 Å². The second-order valence-corrected chi connectivity index (χ2v) is 1.62. The Balaban J connectivity index is 2.61. The first-order chi connectivity index (χ1) is 4.43. The highest BCUT2D eigenvalue weighted by Crippen LogP contribution is 2.05. The Kier molecular flexibility index (Phi) is 2.07. The second kappa shape index (κ2) is 3.07. The van der Waals surface area contributed by atoms with E-state index in [2.05, 4.69) is 4.98 Å². The average Bonchev–Trinajstić information content (AvgIpc) is 1.91. The number of rotatable bonds is 2. The van der Waals surface area contributed by atoms with Gasteiger partial charge in [0.15, 0.2) is 0 Å². The summed E-state index contributed by atoms with van der Waals surface area (Å²) in [5.41, 5.74) is 0. The number of ether oxygens (including phenoxy) is 1. The lowest BCUT2D eigenvalue weighted by molar-refractivity contribution is 0.340. The molecule has 0 saturated carbocycles. The van der Waals surface area contributed by atoms with Crippen LogP contribution < -0.4 is 4.74 Å². The van der Waals surface area contributed by atoms with Crippen LogP contribution in [0.25, 0.3) is 0 Å². The zero-order valence-corrected chi connectivity index (χ0v) is 5.37. The van der Waals surface area contributed by atoms with Crippen LogP contribution in [0.4, 0.5) is 0 Å². The van der Waals surface area contributed by atoms with Crippen molar-refractivity contribution in [1.82, 2.24) is 4.98 Å². The molecule has 0 aromatic carbocycles. The molecule has 0 spiro atoms. The Morgan fingerprint density at radius 3 is 2.67 bits per heavy atom. The van der Waals surface area contributed by atoms with E-state index in [9.17, 15) is 0 Å². The van der Waals surface area contributed by atoms with Crippen molar-refractivity contribution in [2.45, 2.75) is 6.92 Å². The maximum Gasteiger partial charge on any atom is 0.122 e. The van der Waals surface area contributed by atoms with Crippen molar-refractivity contribution in [3.05, 3.63) is 24.5 Å². The van der Waals surface area contributed by atoms with Gasteiger partial charge in [0.1, 0.15) is 5.75 Å². The molecule has 48 valence electrons. The molecule has 1 rings (SSSR count). The van der Waals surface area contributed by atoms with E-state index in [1.54, 1.807) is 12.4 Å². The Labute approximate surface area is 54.5 Å². The number of hydrogen-bond acceptors (Lipinski definition) is 2. The standard InChI is InChI=1S/C7H9NO/c1-2-9-7-3-5-8-6-4-7/h3-6H,2H2,1H3. The predicted octanol–water partition coefficient (Wildman–Crippen LogP) is 1.48. The summed E-state index contributed by atoms with van der Waals surface area (Å²) in [6, 6.07) is 3.67.